The molecule has 0 saturated carbocycles. The van der Waals surface area contributed by atoms with Gasteiger partial charge in [0.1, 0.15) is 0 Å². The third-order valence-electron chi connectivity index (χ3n) is 8.28. The molecule has 0 radical (unpaired) electrons. The van der Waals surface area contributed by atoms with Crippen molar-refractivity contribution in [3.63, 3.8) is 0 Å². The first-order chi connectivity index (χ1) is 28.1. The van der Waals surface area contributed by atoms with Gasteiger partial charge in [-0.25, -0.2) is 0 Å². The van der Waals surface area contributed by atoms with Crippen LogP contribution in [0.5, 0.6) is 0 Å². The monoisotopic (exact) mass is 866 g/mol. The Kier molecular flexibility index (Phi) is 28.5. The standard InChI is InChI=1S/C34H58N8O18/c43-25(15-39(19-29(49)50)11-7-37(17-27(45)46)9-13-41(21-31(53)54)22-32(55)56)35-5-3-1-2-4-6-36-26(44)16-40(20-30(51)52)12-8-38(18-28(47)48)10-14-42(23-33(57)58)24-34(59)60/h1-24H2,(H,35,43)(H,36,44)(H,45,46)(H,47,48)(H,49,50)(H,51,52)(H,53,54)(H,55,56)(H,57,58)(H,59,60). The summed E-state index contributed by atoms with van der Waals surface area (Å²) in [6.45, 7) is -4.97. The van der Waals surface area contributed by atoms with Gasteiger partial charge >= 0.3 is 47.8 Å². The van der Waals surface area contributed by atoms with Gasteiger partial charge in [0.05, 0.1) is 65.4 Å². The van der Waals surface area contributed by atoms with Crippen molar-refractivity contribution in [3.05, 3.63) is 0 Å². The third kappa shape index (κ3) is 32.4. The van der Waals surface area contributed by atoms with Crippen LogP contribution < -0.4 is 10.6 Å². The lowest BCUT2D eigenvalue weighted by molar-refractivity contribution is -0.144. The molecule has 0 aromatic heterocycles. The molecule has 60 heavy (non-hydrogen) atoms. The molecule has 0 saturated heterocycles. The van der Waals surface area contributed by atoms with Gasteiger partial charge in [-0.2, -0.15) is 0 Å². The highest BCUT2D eigenvalue weighted by Crippen LogP contribution is 2.01. The van der Waals surface area contributed by atoms with E-state index >= 15 is 0 Å². The number of nitrogens with zero attached hydrogens (tertiary/aromatic N) is 6. The van der Waals surface area contributed by atoms with E-state index in [1.165, 1.54) is 19.6 Å². The first-order valence-corrected chi connectivity index (χ1v) is 18.8. The fourth-order valence-electron chi connectivity index (χ4n) is 5.63. The number of carboxylic acids is 8. The molecule has 0 bridgehead atoms. The van der Waals surface area contributed by atoms with Crippen molar-refractivity contribution in [2.24, 2.45) is 0 Å². The molecule has 0 spiro atoms. The van der Waals surface area contributed by atoms with Crippen molar-refractivity contribution in [2.75, 3.05) is 131 Å². The minimum atomic E-state index is -1.27. The lowest BCUT2D eigenvalue weighted by atomic mass is 10.2. The summed E-state index contributed by atoms with van der Waals surface area (Å²) in [7, 11) is 0. The highest BCUT2D eigenvalue weighted by Gasteiger charge is 2.21. The van der Waals surface area contributed by atoms with Gasteiger partial charge in [-0.1, -0.05) is 12.8 Å². The smallest absolute Gasteiger partial charge is 0.317 e. The average molecular weight is 867 g/mol. The van der Waals surface area contributed by atoms with Crippen LogP contribution in [-0.2, 0) is 47.9 Å². The molecule has 0 aliphatic rings. The maximum absolute atomic E-state index is 12.6. The zero-order valence-corrected chi connectivity index (χ0v) is 33.3. The second kappa shape index (κ2) is 31.4. The lowest BCUT2D eigenvalue weighted by Gasteiger charge is -2.27. The summed E-state index contributed by atoms with van der Waals surface area (Å²) < 4.78 is 0. The number of hydrogen-bond acceptors (Lipinski definition) is 16. The number of carbonyl (C=O) groups is 10. The second-order valence-electron chi connectivity index (χ2n) is 13.7. The summed E-state index contributed by atoms with van der Waals surface area (Å²) >= 11 is 0. The molecule has 0 aliphatic carbocycles. The van der Waals surface area contributed by atoms with Crippen LogP contribution in [0.3, 0.4) is 0 Å². The van der Waals surface area contributed by atoms with Crippen LogP contribution in [0.4, 0.5) is 0 Å². The minimum Gasteiger partial charge on any atom is -0.480 e. The van der Waals surface area contributed by atoms with Crippen molar-refractivity contribution in [3.8, 4) is 0 Å². The van der Waals surface area contributed by atoms with Crippen molar-refractivity contribution >= 4 is 59.6 Å². The summed E-state index contributed by atoms with van der Waals surface area (Å²) in [5, 5.41) is 78.7. The van der Waals surface area contributed by atoms with E-state index in [1.807, 2.05) is 0 Å². The van der Waals surface area contributed by atoms with Crippen LogP contribution >= 0.6 is 0 Å². The van der Waals surface area contributed by atoms with Gasteiger partial charge in [-0.05, 0) is 12.8 Å². The largest absolute Gasteiger partial charge is 0.480 e. The maximum atomic E-state index is 12.6. The lowest BCUT2D eigenvalue weighted by Crippen LogP contribution is -2.46. The molecular formula is C34H58N8O18. The zero-order valence-electron chi connectivity index (χ0n) is 33.3. The van der Waals surface area contributed by atoms with E-state index in [0.29, 0.717) is 25.7 Å². The summed E-state index contributed by atoms with van der Waals surface area (Å²) in [5.74, 6) is -11.0. The van der Waals surface area contributed by atoms with Gasteiger partial charge in [0.25, 0.3) is 0 Å². The van der Waals surface area contributed by atoms with Crippen molar-refractivity contribution in [2.45, 2.75) is 25.7 Å². The molecule has 0 aromatic rings. The van der Waals surface area contributed by atoms with Crippen LogP contribution in [-0.4, -0.2) is 261 Å². The van der Waals surface area contributed by atoms with E-state index in [2.05, 4.69) is 10.6 Å². The Hall–Kier alpha value is -5.54. The Balaban J connectivity index is 4.81. The first kappa shape index (κ1) is 54.5. The van der Waals surface area contributed by atoms with E-state index in [4.69, 9.17) is 20.4 Å². The molecule has 10 N–H and O–H groups in total. The number of hydrogen-bond donors (Lipinski definition) is 10. The Bertz CT molecular complexity index is 1300. The predicted molar refractivity (Wildman–Crippen MR) is 204 cm³/mol. The minimum absolute atomic E-state index is 0.0194. The number of carbonyl (C=O) groups excluding carboxylic acids is 2. The van der Waals surface area contributed by atoms with Crippen LogP contribution in [0.1, 0.15) is 25.7 Å². The SMILES string of the molecule is O=C(O)CN(CCN(CC(=O)O)CC(=O)O)CCN(CC(=O)O)CC(=O)NCCCCCCNC(=O)CN(CCN(CCN(CC(=O)O)CC(=O)O)CC(=O)O)CC(=O)O. The van der Waals surface area contributed by atoms with Crippen molar-refractivity contribution in [1.29, 1.82) is 0 Å². The summed E-state index contributed by atoms with van der Waals surface area (Å²) in [6, 6.07) is 0. The molecule has 26 heteroatoms. The number of unbranched alkanes of at least 4 members (excludes halogenated alkanes) is 3. The number of amides is 2. The highest BCUT2D eigenvalue weighted by atomic mass is 16.4. The van der Waals surface area contributed by atoms with Crippen molar-refractivity contribution in [1.82, 2.24) is 40.0 Å². The topological polar surface area (TPSA) is 376 Å². The molecule has 26 nitrogen and oxygen atoms in total. The second-order valence-corrected chi connectivity index (χ2v) is 13.7. The van der Waals surface area contributed by atoms with E-state index in [-0.39, 0.29) is 78.5 Å². The first-order valence-electron chi connectivity index (χ1n) is 18.8. The Morgan fingerprint density at radius 2 is 0.450 bits per heavy atom. The Morgan fingerprint density at radius 3 is 0.667 bits per heavy atom. The van der Waals surface area contributed by atoms with E-state index in [9.17, 15) is 68.4 Å². The molecule has 2 amide bonds. The number of rotatable bonds is 39. The van der Waals surface area contributed by atoms with Gasteiger partial charge in [0.15, 0.2) is 0 Å². The molecule has 0 aromatic carbocycles. The third-order valence-corrected chi connectivity index (χ3v) is 8.28. The van der Waals surface area contributed by atoms with E-state index in [0.717, 1.165) is 9.80 Å². The fourth-order valence-corrected chi connectivity index (χ4v) is 5.63. The number of carboxylic acid groups (broad SMARTS) is 8. The van der Waals surface area contributed by atoms with Gasteiger partial charge in [-0.3, -0.25) is 77.3 Å². The number of nitrogens with one attached hydrogen (secondary N) is 2. The van der Waals surface area contributed by atoms with Crippen LogP contribution in [0, 0.1) is 0 Å². The molecule has 0 aliphatic heterocycles. The van der Waals surface area contributed by atoms with E-state index < -0.39 is 112 Å². The Morgan fingerprint density at radius 1 is 0.267 bits per heavy atom. The van der Waals surface area contributed by atoms with Crippen LogP contribution in [0.25, 0.3) is 0 Å². The van der Waals surface area contributed by atoms with Gasteiger partial charge in [0.2, 0.25) is 11.8 Å². The molecule has 0 fully saturated rings. The normalized spacial score (nSPS) is 11.4. The average Bonchev–Trinajstić information content (AvgIpc) is 3.09. The molecule has 0 atom stereocenters. The fraction of sp³-hybridized carbons (Fsp3) is 0.706. The van der Waals surface area contributed by atoms with Crippen LogP contribution in [0.2, 0.25) is 0 Å². The van der Waals surface area contributed by atoms with Gasteiger partial charge in [0, 0.05) is 65.4 Å². The van der Waals surface area contributed by atoms with Crippen molar-refractivity contribution < 1.29 is 88.8 Å². The summed E-state index contributed by atoms with van der Waals surface area (Å²) in [6.07, 6.45) is 2.36. The quantitative estimate of drug-likeness (QED) is 0.0259. The van der Waals surface area contributed by atoms with Gasteiger partial charge < -0.3 is 51.5 Å². The molecule has 0 rings (SSSR count). The molecule has 0 heterocycles. The van der Waals surface area contributed by atoms with Crippen LogP contribution in [0.15, 0.2) is 0 Å². The van der Waals surface area contributed by atoms with Gasteiger partial charge in [-0.15, -0.1) is 0 Å². The molecule has 342 valence electrons. The molecule has 0 unspecified atom stereocenters. The predicted octanol–water partition coefficient (Wildman–Crippen LogP) is -4.73. The highest BCUT2D eigenvalue weighted by molar-refractivity contribution is 5.79. The summed E-state index contributed by atoms with van der Waals surface area (Å²) in [4.78, 5) is 123. The number of aliphatic carboxylic acids is 8. The zero-order chi connectivity index (χ0) is 45.6. The maximum Gasteiger partial charge on any atom is 0.317 e. The Labute approximate surface area is 344 Å². The summed E-state index contributed by atoms with van der Waals surface area (Å²) in [5.41, 5.74) is 0. The van der Waals surface area contributed by atoms with E-state index in [1.54, 1.807) is 0 Å². The molecular weight excluding hydrogens is 808 g/mol.